The third-order valence-corrected chi connectivity index (χ3v) is 3.76. The summed E-state index contributed by atoms with van der Waals surface area (Å²) in [6.45, 7) is 10.5. The molecule has 5 heteroatoms. The molecule has 0 saturated heterocycles. The Kier molecular flexibility index (Phi) is 7.86. The van der Waals surface area contributed by atoms with Gasteiger partial charge in [0.1, 0.15) is 5.60 Å². The van der Waals surface area contributed by atoms with Gasteiger partial charge in [-0.3, -0.25) is 0 Å². The van der Waals surface area contributed by atoms with Gasteiger partial charge in [-0.25, -0.2) is 4.79 Å². The molecule has 0 bridgehead atoms. The normalized spacial score (nSPS) is 14.2. The van der Waals surface area contributed by atoms with Crippen molar-refractivity contribution in [1.29, 1.82) is 0 Å². The van der Waals surface area contributed by atoms with Gasteiger partial charge in [-0.1, -0.05) is 37.6 Å². The van der Waals surface area contributed by atoms with Gasteiger partial charge in [0.05, 0.1) is 0 Å². The zero-order valence-corrected chi connectivity index (χ0v) is 15.5. The summed E-state index contributed by atoms with van der Waals surface area (Å²) in [6, 6.07) is 8.14. The first-order valence-corrected chi connectivity index (χ1v) is 8.61. The van der Waals surface area contributed by atoms with Gasteiger partial charge in [-0.15, -0.1) is 0 Å². The highest BCUT2D eigenvalue weighted by atomic mass is 35.5. The molecular weight excluding hydrogens is 312 g/mol. The number of alkyl carbamates (subject to hydrolysis) is 1. The van der Waals surface area contributed by atoms with E-state index >= 15 is 0 Å². The van der Waals surface area contributed by atoms with Crippen molar-refractivity contribution in [2.24, 2.45) is 0 Å². The Morgan fingerprint density at radius 2 is 1.78 bits per heavy atom. The Bertz CT molecular complexity index is 483. The number of ether oxygens (including phenoxy) is 1. The molecule has 23 heavy (non-hydrogen) atoms. The quantitative estimate of drug-likeness (QED) is 0.757. The first-order chi connectivity index (χ1) is 10.7. The molecule has 1 aromatic rings. The lowest BCUT2D eigenvalue weighted by Gasteiger charge is -2.25. The van der Waals surface area contributed by atoms with Crippen molar-refractivity contribution in [3.8, 4) is 0 Å². The first-order valence-electron chi connectivity index (χ1n) is 8.23. The number of carbonyl (C=O) groups excluding carboxylic acids is 1. The zero-order chi connectivity index (χ0) is 17.5. The van der Waals surface area contributed by atoms with Gasteiger partial charge in [-0.05, 0) is 51.3 Å². The Balaban J connectivity index is 2.54. The number of rotatable bonds is 7. The topological polar surface area (TPSA) is 50.4 Å². The second kappa shape index (κ2) is 9.14. The van der Waals surface area contributed by atoms with Crippen LogP contribution in [0.4, 0.5) is 4.79 Å². The van der Waals surface area contributed by atoms with E-state index in [9.17, 15) is 4.79 Å². The number of hydrogen-bond acceptors (Lipinski definition) is 3. The monoisotopic (exact) mass is 340 g/mol. The Morgan fingerprint density at radius 3 is 2.26 bits per heavy atom. The van der Waals surface area contributed by atoms with Crippen molar-refractivity contribution in [3.05, 3.63) is 34.9 Å². The van der Waals surface area contributed by atoms with Crippen molar-refractivity contribution in [2.45, 2.75) is 65.1 Å². The maximum absolute atomic E-state index is 11.9. The Labute approximate surface area is 144 Å². The number of hydrogen-bond donors (Lipinski definition) is 2. The zero-order valence-electron chi connectivity index (χ0n) is 14.8. The smallest absolute Gasteiger partial charge is 0.407 e. The molecule has 2 N–H and O–H groups in total. The minimum atomic E-state index is -0.481. The molecule has 0 fully saturated rings. The van der Waals surface area contributed by atoms with Gasteiger partial charge in [0.25, 0.3) is 0 Å². The van der Waals surface area contributed by atoms with Crippen molar-refractivity contribution in [1.82, 2.24) is 10.6 Å². The van der Waals surface area contributed by atoms with E-state index in [1.54, 1.807) is 0 Å². The molecule has 0 radical (unpaired) electrons. The van der Waals surface area contributed by atoms with E-state index in [-0.39, 0.29) is 18.2 Å². The number of nitrogens with one attached hydrogen (secondary N) is 2. The van der Waals surface area contributed by atoms with Crippen LogP contribution in [0.5, 0.6) is 0 Å². The van der Waals surface area contributed by atoms with Crippen LogP contribution in [0.3, 0.4) is 0 Å². The highest BCUT2D eigenvalue weighted by Gasteiger charge is 2.19. The van der Waals surface area contributed by atoms with Gasteiger partial charge in [0.2, 0.25) is 0 Å². The van der Waals surface area contributed by atoms with E-state index < -0.39 is 5.60 Å². The highest BCUT2D eigenvalue weighted by Crippen LogP contribution is 2.19. The minimum absolute atomic E-state index is 0.0335. The summed E-state index contributed by atoms with van der Waals surface area (Å²) in [4.78, 5) is 11.9. The third kappa shape index (κ3) is 7.71. The van der Waals surface area contributed by atoms with Crippen molar-refractivity contribution >= 4 is 17.7 Å². The van der Waals surface area contributed by atoms with Gasteiger partial charge < -0.3 is 15.4 Å². The average Bonchev–Trinajstić information content (AvgIpc) is 2.46. The van der Waals surface area contributed by atoms with Crippen LogP contribution < -0.4 is 10.6 Å². The second-order valence-electron chi connectivity index (χ2n) is 6.67. The van der Waals surface area contributed by atoms with Crippen LogP contribution >= 0.6 is 11.6 Å². The maximum Gasteiger partial charge on any atom is 0.407 e. The lowest BCUT2D eigenvalue weighted by atomic mass is 10.0. The summed E-state index contributed by atoms with van der Waals surface area (Å²) in [5, 5.41) is 7.17. The maximum atomic E-state index is 11.9. The molecule has 130 valence electrons. The molecule has 4 nitrogen and oxygen atoms in total. The highest BCUT2D eigenvalue weighted by molar-refractivity contribution is 6.30. The summed E-state index contributed by atoms with van der Waals surface area (Å²) in [6.07, 6.45) is 1.43. The second-order valence-corrected chi connectivity index (χ2v) is 7.11. The fourth-order valence-corrected chi connectivity index (χ4v) is 2.38. The van der Waals surface area contributed by atoms with Crippen molar-refractivity contribution in [3.63, 3.8) is 0 Å². The number of amides is 1. The van der Waals surface area contributed by atoms with Gasteiger partial charge in [-0.2, -0.15) is 0 Å². The largest absolute Gasteiger partial charge is 0.444 e. The SMILES string of the molecule is CCC(CNC(CC)c1ccc(Cl)cc1)NC(=O)OC(C)(C)C. The molecule has 1 amide bonds. The Hall–Kier alpha value is -1.26. The molecule has 1 aromatic carbocycles. The fraction of sp³-hybridized carbons (Fsp3) is 0.611. The minimum Gasteiger partial charge on any atom is -0.444 e. The van der Waals surface area contributed by atoms with Crippen LogP contribution in [-0.2, 0) is 4.74 Å². The summed E-state index contributed by atoms with van der Waals surface area (Å²) >= 11 is 5.94. The molecule has 1 rings (SSSR count). The van der Waals surface area contributed by atoms with E-state index in [4.69, 9.17) is 16.3 Å². The Morgan fingerprint density at radius 1 is 1.17 bits per heavy atom. The van der Waals surface area contributed by atoms with Gasteiger partial charge in [0, 0.05) is 23.7 Å². The van der Waals surface area contributed by atoms with Crippen LogP contribution in [0, 0.1) is 0 Å². The summed E-state index contributed by atoms with van der Waals surface area (Å²) in [5.74, 6) is 0. The fourth-order valence-electron chi connectivity index (χ4n) is 2.25. The number of carbonyl (C=O) groups is 1. The van der Waals surface area contributed by atoms with Crippen LogP contribution in [0.25, 0.3) is 0 Å². The standard InChI is InChI=1S/C18H29ClN2O2/c1-6-15(21-17(22)23-18(3,4)5)12-20-16(7-2)13-8-10-14(19)11-9-13/h8-11,15-16,20H,6-7,12H2,1-5H3,(H,21,22). The molecule has 2 unspecified atom stereocenters. The van der Waals surface area contributed by atoms with Crippen molar-refractivity contribution < 1.29 is 9.53 Å². The molecule has 0 aliphatic heterocycles. The van der Waals surface area contributed by atoms with Gasteiger partial charge >= 0.3 is 6.09 Å². The number of halogens is 1. The molecule has 0 aliphatic rings. The van der Waals surface area contributed by atoms with E-state index in [1.807, 2.05) is 52.0 Å². The predicted molar refractivity (Wildman–Crippen MR) is 95.9 cm³/mol. The molecule has 0 aromatic heterocycles. The van der Waals surface area contributed by atoms with E-state index in [0.29, 0.717) is 6.54 Å². The molecular formula is C18H29ClN2O2. The third-order valence-electron chi connectivity index (χ3n) is 3.50. The lowest BCUT2D eigenvalue weighted by Crippen LogP contribution is -2.44. The summed E-state index contributed by atoms with van der Waals surface area (Å²) in [5.41, 5.74) is 0.717. The average molecular weight is 341 g/mol. The summed E-state index contributed by atoms with van der Waals surface area (Å²) in [7, 11) is 0. The van der Waals surface area contributed by atoms with Crippen LogP contribution in [0.1, 0.15) is 59.1 Å². The van der Waals surface area contributed by atoms with E-state index in [2.05, 4.69) is 17.6 Å². The van der Waals surface area contributed by atoms with Crippen LogP contribution in [0.15, 0.2) is 24.3 Å². The van der Waals surface area contributed by atoms with Crippen molar-refractivity contribution in [2.75, 3.05) is 6.54 Å². The van der Waals surface area contributed by atoms with Crippen LogP contribution in [0.2, 0.25) is 5.02 Å². The van der Waals surface area contributed by atoms with E-state index in [1.165, 1.54) is 5.56 Å². The molecule has 0 saturated carbocycles. The van der Waals surface area contributed by atoms with E-state index in [0.717, 1.165) is 17.9 Å². The predicted octanol–water partition coefficient (Wildman–Crippen LogP) is 4.68. The molecule has 2 atom stereocenters. The lowest BCUT2D eigenvalue weighted by molar-refractivity contribution is 0.0502. The molecule has 0 heterocycles. The molecule has 0 spiro atoms. The summed E-state index contributed by atoms with van der Waals surface area (Å²) < 4.78 is 5.31. The van der Waals surface area contributed by atoms with Crippen LogP contribution in [-0.4, -0.2) is 24.3 Å². The number of benzene rings is 1. The molecule has 0 aliphatic carbocycles. The first kappa shape index (κ1) is 19.8. The van der Waals surface area contributed by atoms with Gasteiger partial charge in [0.15, 0.2) is 0 Å².